The Labute approximate surface area is 110 Å². The van der Waals surface area contributed by atoms with Crippen LogP contribution in [0.1, 0.15) is 5.56 Å². The molecule has 1 heterocycles. The molecule has 0 unspecified atom stereocenters. The van der Waals surface area contributed by atoms with E-state index >= 15 is 0 Å². The van der Waals surface area contributed by atoms with Crippen LogP contribution in [0.2, 0.25) is 0 Å². The van der Waals surface area contributed by atoms with Gasteiger partial charge in [-0.05, 0) is 11.6 Å². The minimum atomic E-state index is -3.38. The van der Waals surface area contributed by atoms with E-state index in [1.54, 1.807) is 12.1 Å². The third-order valence-corrected chi connectivity index (χ3v) is 5.31. The van der Waals surface area contributed by atoms with Crippen LogP contribution in [-0.4, -0.2) is 39.0 Å². The summed E-state index contributed by atoms with van der Waals surface area (Å²) < 4.78 is 31.5. The Hall–Kier alpha value is -0.430. The molecule has 0 bridgehead atoms. The Morgan fingerprint density at radius 1 is 1.24 bits per heavy atom. The molecule has 0 spiro atoms. The van der Waals surface area contributed by atoms with Crippen LogP contribution in [0.15, 0.2) is 29.2 Å². The SMILES string of the molecule is O=S(=O)(c1ccccc1CBr)N1CCOCC1. The Bertz CT molecular complexity index is 483. The van der Waals surface area contributed by atoms with E-state index in [9.17, 15) is 8.42 Å². The van der Waals surface area contributed by atoms with Gasteiger partial charge in [-0.1, -0.05) is 34.1 Å². The van der Waals surface area contributed by atoms with Gasteiger partial charge in [-0.3, -0.25) is 0 Å². The lowest BCUT2D eigenvalue weighted by molar-refractivity contribution is 0.0730. The Morgan fingerprint density at radius 2 is 1.88 bits per heavy atom. The molecule has 6 heteroatoms. The van der Waals surface area contributed by atoms with Gasteiger partial charge in [0.05, 0.1) is 18.1 Å². The number of halogens is 1. The van der Waals surface area contributed by atoms with E-state index < -0.39 is 10.0 Å². The highest BCUT2D eigenvalue weighted by molar-refractivity contribution is 9.08. The number of ether oxygens (including phenoxy) is 1. The summed E-state index contributed by atoms with van der Waals surface area (Å²) in [5.41, 5.74) is 0.791. The highest BCUT2D eigenvalue weighted by atomic mass is 79.9. The van der Waals surface area contributed by atoms with Crippen molar-refractivity contribution in [2.45, 2.75) is 10.2 Å². The maximum absolute atomic E-state index is 12.4. The number of morpholine rings is 1. The van der Waals surface area contributed by atoms with Gasteiger partial charge < -0.3 is 4.74 Å². The second kappa shape index (κ2) is 5.48. The lowest BCUT2D eigenvalue weighted by Gasteiger charge is -2.26. The van der Waals surface area contributed by atoms with Crippen LogP contribution in [-0.2, 0) is 20.1 Å². The molecular formula is C11H14BrNO3S. The Morgan fingerprint density at radius 3 is 2.53 bits per heavy atom. The molecule has 0 radical (unpaired) electrons. The molecule has 0 amide bonds. The molecular weight excluding hydrogens is 306 g/mol. The first-order valence-corrected chi connectivity index (χ1v) is 7.94. The normalized spacial score (nSPS) is 18.2. The molecule has 0 saturated carbocycles. The van der Waals surface area contributed by atoms with E-state index in [0.29, 0.717) is 36.5 Å². The van der Waals surface area contributed by atoms with Crippen molar-refractivity contribution < 1.29 is 13.2 Å². The monoisotopic (exact) mass is 319 g/mol. The second-order valence-corrected chi connectivity index (χ2v) is 6.22. The summed E-state index contributed by atoms with van der Waals surface area (Å²) >= 11 is 3.32. The lowest BCUT2D eigenvalue weighted by Crippen LogP contribution is -2.40. The summed E-state index contributed by atoms with van der Waals surface area (Å²) in [7, 11) is -3.38. The number of alkyl halides is 1. The minimum absolute atomic E-state index is 0.388. The molecule has 1 aromatic rings. The molecule has 0 aromatic heterocycles. The lowest BCUT2D eigenvalue weighted by atomic mass is 10.2. The fraction of sp³-hybridized carbons (Fsp3) is 0.455. The van der Waals surface area contributed by atoms with E-state index in [0.717, 1.165) is 5.56 Å². The molecule has 1 saturated heterocycles. The molecule has 1 aliphatic rings. The van der Waals surface area contributed by atoms with Gasteiger partial charge in [-0.15, -0.1) is 0 Å². The summed E-state index contributed by atoms with van der Waals surface area (Å²) in [6, 6.07) is 7.07. The van der Waals surface area contributed by atoms with Gasteiger partial charge in [0.15, 0.2) is 0 Å². The second-order valence-electron chi connectivity index (χ2n) is 3.76. The fourth-order valence-electron chi connectivity index (χ4n) is 1.79. The standard InChI is InChI=1S/C11H14BrNO3S/c12-9-10-3-1-2-4-11(10)17(14,15)13-5-7-16-8-6-13/h1-4H,5-9H2. The van der Waals surface area contributed by atoms with Gasteiger partial charge in [0, 0.05) is 18.4 Å². The van der Waals surface area contributed by atoms with Crippen LogP contribution in [0.3, 0.4) is 0 Å². The molecule has 0 aliphatic carbocycles. The predicted molar refractivity (Wildman–Crippen MR) is 68.7 cm³/mol. The third-order valence-electron chi connectivity index (χ3n) is 2.70. The van der Waals surface area contributed by atoms with E-state index in [2.05, 4.69) is 15.9 Å². The first kappa shape index (κ1) is 13.0. The molecule has 4 nitrogen and oxygen atoms in total. The van der Waals surface area contributed by atoms with Crippen LogP contribution >= 0.6 is 15.9 Å². The van der Waals surface area contributed by atoms with Crippen LogP contribution in [0, 0.1) is 0 Å². The minimum Gasteiger partial charge on any atom is -0.379 e. The third kappa shape index (κ3) is 2.70. The zero-order valence-corrected chi connectivity index (χ0v) is 11.7. The van der Waals surface area contributed by atoms with Crippen LogP contribution in [0.25, 0.3) is 0 Å². The Kier molecular flexibility index (Phi) is 4.19. The summed E-state index contributed by atoms with van der Waals surface area (Å²) in [4.78, 5) is 0.388. The van der Waals surface area contributed by atoms with Crippen molar-refractivity contribution in [1.29, 1.82) is 0 Å². The van der Waals surface area contributed by atoms with E-state index in [-0.39, 0.29) is 0 Å². The van der Waals surface area contributed by atoms with Crippen molar-refractivity contribution in [2.75, 3.05) is 26.3 Å². The highest BCUT2D eigenvalue weighted by Crippen LogP contribution is 2.22. The zero-order chi connectivity index (χ0) is 12.3. The quantitative estimate of drug-likeness (QED) is 0.795. The van der Waals surface area contributed by atoms with Crippen molar-refractivity contribution >= 4 is 26.0 Å². The van der Waals surface area contributed by atoms with Crippen LogP contribution in [0.4, 0.5) is 0 Å². The van der Waals surface area contributed by atoms with Gasteiger partial charge in [-0.25, -0.2) is 8.42 Å². The number of hydrogen-bond acceptors (Lipinski definition) is 3. The average Bonchev–Trinajstić information content (AvgIpc) is 2.39. The summed E-state index contributed by atoms with van der Waals surface area (Å²) in [6.07, 6.45) is 0. The number of sulfonamides is 1. The zero-order valence-electron chi connectivity index (χ0n) is 9.30. The molecule has 2 rings (SSSR count). The van der Waals surface area contributed by atoms with Crippen molar-refractivity contribution in [3.63, 3.8) is 0 Å². The average molecular weight is 320 g/mol. The van der Waals surface area contributed by atoms with Crippen LogP contribution in [0.5, 0.6) is 0 Å². The topological polar surface area (TPSA) is 46.6 Å². The summed E-state index contributed by atoms with van der Waals surface area (Å²) in [5, 5.41) is 0.534. The van der Waals surface area contributed by atoms with Crippen molar-refractivity contribution in [3.8, 4) is 0 Å². The summed E-state index contributed by atoms with van der Waals surface area (Å²) in [6.45, 7) is 1.79. The number of nitrogens with zero attached hydrogens (tertiary/aromatic N) is 1. The van der Waals surface area contributed by atoms with E-state index in [4.69, 9.17) is 4.74 Å². The highest BCUT2D eigenvalue weighted by Gasteiger charge is 2.27. The van der Waals surface area contributed by atoms with E-state index in [1.807, 2.05) is 12.1 Å². The first-order valence-electron chi connectivity index (χ1n) is 5.38. The Balaban J connectivity index is 2.36. The van der Waals surface area contributed by atoms with Gasteiger partial charge in [0.2, 0.25) is 10.0 Å². The molecule has 1 fully saturated rings. The molecule has 0 N–H and O–H groups in total. The smallest absolute Gasteiger partial charge is 0.243 e. The molecule has 94 valence electrons. The largest absolute Gasteiger partial charge is 0.379 e. The number of hydrogen-bond donors (Lipinski definition) is 0. The maximum Gasteiger partial charge on any atom is 0.243 e. The predicted octanol–water partition coefficient (Wildman–Crippen LogP) is 1.60. The van der Waals surface area contributed by atoms with Crippen molar-refractivity contribution in [3.05, 3.63) is 29.8 Å². The number of benzene rings is 1. The van der Waals surface area contributed by atoms with Gasteiger partial charge in [0.1, 0.15) is 0 Å². The van der Waals surface area contributed by atoms with Gasteiger partial charge >= 0.3 is 0 Å². The molecule has 1 aliphatic heterocycles. The fourth-order valence-corrected chi connectivity index (χ4v) is 4.10. The first-order chi connectivity index (χ1) is 8.16. The van der Waals surface area contributed by atoms with Crippen LogP contribution < -0.4 is 0 Å². The number of rotatable bonds is 3. The van der Waals surface area contributed by atoms with Crippen molar-refractivity contribution in [2.24, 2.45) is 0 Å². The van der Waals surface area contributed by atoms with E-state index in [1.165, 1.54) is 4.31 Å². The molecule has 0 atom stereocenters. The maximum atomic E-state index is 12.4. The molecule has 1 aromatic carbocycles. The summed E-state index contributed by atoms with van der Waals surface area (Å²) in [5.74, 6) is 0. The van der Waals surface area contributed by atoms with Crippen molar-refractivity contribution in [1.82, 2.24) is 4.31 Å². The van der Waals surface area contributed by atoms with Gasteiger partial charge in [-0.2, -0.15) is 4.31 Å². The molecule has 17 heavy (non-hydrogen) atoms. The van der Waals surface area contributed by atoms with Gasteiger partial charge in [0.25, 0.3) is 0 Å².